The van der Waals surface area contributed by atoms with E-state index in [1.807, 2.05) is 22.4 Å². The molecule has 4 rings (SSSR count). The molecular weight excluding hydrogens is 302 g/mol. The first kappa shape index (κ1) is 13.4. The summed E-state index contributed by atoms with van der Waals surface area (Å²) in [5.74, 6) is 1.82. The van der Waals surface area contributed by atoms with E-state index in [-0.39, 0.29) is 5.54 Å². The van der Waals surface area contributed by atoms with Crippen molar-refractivity contribution in [3.63, 3.8) is 0 Å². The minimum Gasteiger partial charge on any atom is -0.359 e. The van der Waals surface area contributed by atoms with Gasteiger partial charge in [0.1, 0.15) is 13.1 Å². The van der Waals surface area contributed by atoms with E-state index in [9.17, 15) is 0 Å². The van der Waals surface area contributed by atoms with E-state index < -0.39 is 0 Å². The summed E-state index contributed by atoms with van der Waals surface area (Å²) >= 11 is 1.60. The number of aromatic nitrogens is 6. The Labute approximate surface area is 130 Å². The van der Waals surface area contributed by atoms with Gasteiger partial charge in [-0.3, -0.25) is 0 Å². The molecule has 3 aromatic rings. The summed E-state index contributed by atoms with van der Waals surface area (Å²) in [4.78, 5) is 11.8. The zero-order valence-corrected chi connectivity index (χ0v) is 13.0. The predicted molar refractivity (Wildman–Crippen MR) is 82.0 cm³/mol. The lowest BCUT2D eigenvalue weighted by Gasteiger charge is -2.27. The van der Waals surface area contributed by atoms with Gasteiger partial charge in [0, 0.05) is 0 Å². The highest BCUT2D eigenvalue weighted by molar-refractivity contribution is 7.13. The van der Waals surface area contributed by atoms with E-state index in [0.717, 1.165) is 4.88 Å². The normalized spacial score (nSPS) is 17.3. The molecule has 114 valence electrons. The number of hydrogen-bond donors (Lipinski definition) is 1. The molecule has 8 nitrogen and oxygen atoms in total. The van der Waals surface area contributed by atoms with Gasteiger partial charge in [-0.2, -0.15) is 9.67 Å². The zero-order chi connectivity index (χ0) is 15.2. The average Bonchev–Trinajstić information content (AvgIpc) is 3.25. The van der Waals surface area contributed by atoms with Crippen LogP contribution in [0.3, 0.4) is 0 Å². The molecule has 0 aromatic carbocycles. The fraction of sp³-hybridized carbons (Fsp3) is 0.385. The van der Waals surface area contributed by atoms with Gasteiger partial charge in [0.25, 0.3) is 0 Å². The Bertz CT molecular complexity index is 776. The Balaban J connectivity index is 1.62. The van der Waals surface area contributed by atoms with Crippen molar-refractivity contribution in [3.8, 4) is 16.6 Å². The number of H-pyrrole nitrogens is 1. The number of thiophene rings is 1. The van der Waals surface area contributed by atoms with Crippen LogP contribution in [0.5, 0.6) is 0 Å². The standard InChI is InChI=1S/C13H15N7OS/c1-13(2)6-21-8-19(13)11-15-12(17-16-11)20-7-14-10(18-20)9-4-3-5-22-9/h3-5,7H,6,8H2,1-2H3,(H,15,16,17). The van der Waals surface area contributed by atoms with E-state index in [1.54, 1.807) is 22.3 Å². The number of nitrogens with zero attached hydrogens (tertiary/aromatic N) is 6. The van der Waals surface area contributed by atoms with Crippen LogP contribution in [0.15, 0.2) is 23.8 Å². The van der Waals surface area contributed by atoms with E-state index in [4.69, 9.17) is 4.74 Å². The van der Waals surface area contributed by atoms with Crippen molar-refractivity contribution < 1.29 is 4.74 Å². The molecule has 22 heavy (non-hydrogen) atoms. The molecule has 1 N–H and O–H groups in total. The van der Waals surface area contributed by atoms with Crippen LogP contribution in [0, 0.1) is 0 Å². The third-order valence-electron chi connectivity index (χ3n) is 3.56. The number of hydrogen-bond acceptors (Lipinski definition) is 7. The highest BCUT2D eigenvalue weighted by Gasteiger charge is 2.35. The second-order valence-electron chi connectivity index (χ2n) is 5.67. The predicted octanol–water partition coefficient (Wildman–Crippen LogP) is 1.69. The quantitative estimate of drug-likeness (QED) is 0.791. The number of nitrogens with one attached hydrogen (secondary N) is 1. The van der Waals surface area contributed by atoms with E-state index in [1.165, 1.54) is 0 Å². The minimum absolute atomic E-state index is 0.121. The topological polar surface area (TPSA) is 84.8 Å². The van der Waals surface area contributed by atoms with Crippen molar-refractivity contribution in [1.29, 1.82) is 0 Å². The molecule has 3 aromatic heterocycles. The molecule has 9 heteroatoms. The molecule has 1 aliphatic heterocycles. The van der Waals surface area contributed by atoms with Gasteiger partial charge in [0.15, 0.2) is 5.82 Å². The Morgan fingerprint density at radius 1 is 1.41 bits per heavy atom. The first-order valence-electron chi connectivity index (χ1n) is 6.87. The average molecular weight is 317 g/mol. The Kier molecular flexibility index (Phi) is 2.98. The highest BCUT2D eigenvalue weighted by atomic mass is 32.1. The molecule has 0 spiro atoms. The molecule has 0 unspecified atom stereocenters. The monoisotopic (exact) mass is 317 g/mol. The maximum Gasteiger partial charge on any atom is 0.249 e. The molecular formula is C13H15N7OS. The first-order chi connectivity index (χ1) is 10.6. The second-order valence-corrected chi connectivity index (χ2v) is 6.61. The number of rotatable bonds is 3. The lowest BCUT2D eigenvalue weighted by molar-refractivity contribution is 0.184. The van der Waals surface area contributed by atoms with Gasteiger partial charge in [-0.25, -0.2) is 10.1 Å². The van der Waals surface area contributed by atoms with Gasteiger partial charge in [-0.15, -0.1) is 21.5 Å². The SMILES string of the molecule is CC1(C)COCN1c1n[nH]c(-n2cnc(-c3cccs3)n2)n1. The van der Waals surface area contributed by atoms with Crippen molar-refractivity contribution in [1.82, 2.24) is 29.9 Å². The summed E-state index contributed by atoms with van der Waals surface area (Å²) < 4.78 is 7.09. The lowest BCUT2D eigenvalue weighted by Crippen LogP contribution is -2.40. The van der Waals surface area contributed by atoms with Crippen LogP contribution in [-0.4, -0.2) is 48.8 Å². The van der Waals surface area contributed by atoms with Gasteiger partial charge < -0.3 is 9.64 Å². The van der Waals surface area contributed by atoms with Crippen LogP contribution < -0.4 is 4.90 Å². The second kappa shape index (κ2) is 4.89. The summed E-state index contributed by atoms with van der Waals surface area (Å²) in [6.07, 6.45) is 1.63. The molecule has 4 heterocycles. The smallest absolute Gasteiger partial charge is 0.249 e. The van der Waals surface area contributed by atoms with Crippen molar-refractivity contribution in [2.24, 2.45) is 0 Å². The van der Waals surface area contributed by atoms with Crippen LogP contribution in [0.1, 0.15) is 13.8 Å². The molecule has 1 fully saturated rings. The van der Waals surface area contributed by atoms with Gasteiger partial charge in [-0.05, 0) is 25.3 Å². The Morgan fingerprint density at radius 2 is 2.32 bits per heavy atom. The van der Waals surface area contributed by atoms with Crippen molar-refractivity contribution in [2.45, 2.75) is 19.4 Å². The Hall–Kier alpha value is -2.26. The fourth-order valence-corrected chi connectivity index (χ4v) is 2.98. The fourth-order valence-electron chi connectivity index (χ4n) is 2.32. The molecule has 0 atom stereocenters. The molecule has 0 bridgehead atoms. The lowest BCUT2D eigenvalue weighted by atomic mass is 10.1. The number of ether oxygens (including phenoxy) is 1. The van der Waals surface area contributed by atoms with Crippen LogP contribution in [0.2, 0.25) is 0 Å². The molecule has 0 aliphatic carbocycles. The first-order valence-corrected chi connectivity index (χ1v) is 7.75. The molecule has 1 aliphatic rings. The highest BCUT2D eigenvalue weighted by Crippen LogP contribution is 2.26. The van der Waals surface area contributed by atoms with Crippen LogP contribution >= 0.6 is 11.3 Å². The van der Waals surface area contributed by atoms with Gasteiger partial charge in [0.2, 0.25) is 11.9 Å². The van der Waals surface area contributed by atoms with E-state index in [0.29, 0.717) is 31.1 Å². The van der Waals surface area contributed by atoms with E-state index in [2.05, 4.69) is 39.1 Å². The van der Waals surface area contributed by atoms with Crippen LogP contribution in [-0.2, 0) is 4.74 Å². The zero-order valence-electron chi connectivity index (χ0n) is 12.2. The third kappa shape index (κ3) is 2.18. The van der Waals surface area contributed by atoms with Crippen molar-refractivity contribution >= 4 is 17.3 Å². The molecule has 0 amide bonds. The van der Waals surface area contributed by atoms with Crippen molar-refractivity contribution in [3.05, 3.63) is 23.8 Å². The van der Waals surface area contributed by atoms with Gasteiger partial charge in [-0.1, -0.05) is 6.07 Å². The maximum absolute atomic E-state index is 5.49. The Morgan fingerprint density at radius 3 is 3.05 bits per heavy atom. The number of anilines is 1. The van der Waals surface area contributed by atoms with E-state index >= 15 is 0 Å². The van der Waals surface area contributed by atoms with Crippen molar-refractivity contribution in [2.75, 3.05) is 18.2 Å². The maximum atomic E-state index is 5.49. The van der Waals surface area contributed by atoms with Gasteiger partial charge in [0.05, 0.1) is 17.0 Å². The molecule has 1 saturated heterocycles. The summed E-state index contributed by atoms with van der Waals surface area (Å²) in [5.41, 5.74) is -0.121. The number of aromatic amines is 1. The third-order valence-corrected chi connectivity index (χ3v) is 4.43. The molecule has 0 radical (unpaired) electrons. The molecule has 0 saturated carbocycles. The minimum atomic E-state index is -0.121. The van der Waals surface area contributed by atoms with Gasteiger partial charge >= 0.3 is 0 Å². The summed E-state index contributed by atoms with van der Waals surface area (Å²) in [6, 6.07) is 3.96. The van der Waals surface area contributed by atoms with Crippen LogP contribution in [0.25, 0.3) is 16.6 Å². The summed E-state index contributed by atoms with van der Waals surface area (Å²) in [5, 5.41) is 13.6. The van der Waals surface area contributed by atoms with Crippen LogP contribution in [0.4, 0.5) is 5.95 Å². The summed E-state index contributed by atoms with van der Waals surface area (Å²) in [7, 11) is 0. The largest absolute Gasteiger partial charge is 0.359 e. The summed E-state index contributed by atoms with van der Waals surface area (Å²) in [6.45, 7) is 5.34.